The molecular formula is C12H18ClN3O3. The summed E-state index contributed by atoms with van der Waals surface area (Å²) in [4.78, 5) is 12.3. The van der Waals surface area contributed by atoms with Gasteiger partial charge in [-0.2, -0.15) is 5.10 Å². The van der Waals surface area contributed by atoms with Gasteiger partial charge in [-0.3, -0.25) is 9.48 Å². The molecule has 1 aromatic rings. The number of nitrogens with one attached hydrogen (secondary N) is 1. The number of amides is 1. The Bertz CT molecular complexity index is 475. The number of carbonyl (C=O) groups excluding carboxylic acids is 1. The molecule has 0 aromatic carbocycles. The second-order valence-electron chi connectivity index (χ2n) is 4.59. The van der Waals surface area contributed by atoms with Crippen LogP contribution in [0.25, 0.3) is 0 Å². The summed E-state index contributed by atoms with van der Waals surface area (Å²) in [6, 6.07) is -0.169. The minimum atomic E-state index is -0.259. The Balaban J connectivity index is 2.12. The lowest BCUT2D eigenvalue weighted by Crippen LogP contribution is -2.50. The first-order chi connectivity index (χ1) is 9.04. The normalized spacial score (nSPS) is 23.4. The third kappa shape index (κ3) is 2.91. The maximum atomic E-state index is 12.3. The molecule has 7 heteroatoms. The molecule has 1 fully saturated rings. The van der Waals surface area contributed by atoms with E-state index >= 15 is 0 Å². The van der Waals surface area contributed by atoms with E-state index in [9.17, 15) is 4.79 Å². The number of rotatable bonds is 3. The van der Waals surface area contributed by atoms with Gasteiger partial charge in [0.2, 0.25) is 0 Å². The van der Waals surface area contributed by atoms with E-state index in [2.05, 4.69) is 10.4 Å². The van der Waals surface area contributed by atoms with Crippen LogP contribution < -0.4 is 5.32 Å². The highest BCUT2D eigenvalue weighted by atomic mass is 35.5. The summed E-state index contributed by atoms with van der Waals surface area (Å²) in [6.45, 7) is 2.86. The number of carbonyl (C=O) groups is 1. The molecule has 1 aliphatic rings. The van der Waals surface area contributed by atoms with E-state index in [1.54, 1.807) is 21.1 Å². The number of hydrogen-bond acceptors (Lipinski definition) is 4. The van der Waals surface area contributed by atoms with Crippen LogP contribution in [0.15, 0.2) is 0 Å². The largest absolute Gasteiger partial charge is 0.379 e. The minimum absolute atomic E-state index is 0.0363. The molecule has 0 unspecified atom stereocenters. The molecule has 2 rings (SSSR count). The van der Waals surface area contributed by atoms with Gasteiger partial charge in [0.25, 0.3) is 5.91 Å². The van der Waals surface area contributed by atoms with Crippen molar-refractivity contribution in [3.8, 4) is 0 Å². The fourth-order valence-electron chi connectivity index (χ4n) is 2.25. The quantitative estimate of drug-likeness (QED) is 0.898. The smallest absolute Gasteiger partial charge is 0.271 e. The molecule has 0 spiro atoms. The number of ether oxygens (including phenoxy) is 2. The molecule has 0 aliphatic carbocycles. The van der Waals surface area contributed by atoms with Crippen LogP contribution in [0.3, 0.4) is 0 Å². The summed E-state index contributed by atoms with van der Waals surface area (Å²) < 4.78 is 12.2. The van der Waals surface area contributed by atoms with Crippen molar-refractivity contribution in [3.05, 3.63) is 16.4 Å². The molecule has 1 aromatic heterocycles. The lowest BCUT2D eigenvalue weighted by Gasteiger charge is -2.30. The third-order valence-corrected chi connectivity index (χ3v) is 3.73. The van der Waals surface area contributed by atoms with E-state index in [1.165, 1.54) is 4.68 Å². The second-order valence-corrected chi connectivity index (χ2v) is 4.97. The van der Waals surface area contributed by atoms with Gasteiger partial charge in [0, 0.05) is 20.8 Å². The molecule has 6 nitrogen and oxygen atoms in total. The first kappa shape index (κ1) is 14.3. The third-order valence-electron chi connectivity index (χ3n) is 3.28. The fourth-order valence-corrected chi connectivity index (χ4v) is 2.50. The fraction of sp³-hybridized carbons (Fsp3) is 0.667. The Kier molecular flexibility index (Phi) is 4.44. The van der Waals surface area contributed by atoms with Gasteiger partial charge < -0.3 is 14.8 Å². The Morgan fingerprint density at radius 1 is 1.63 bits per heavy atom. The lowest BCUT2D eigenvalue weighted by atomic mass is 10.1. The first-order valence-corrected chi connectivity index (χ1v) is 6.53. The zero-order valence-electron chi connectivity index (χ0n) is 11.3. The van der Waals surface area contributed by atoms with Crippen molar-refractivity contribution in [2.45, 2.75) is 25.5 Å². The number of hydrogen-bond donors (Lipinski definition) is 1. The maximum Gasteiger partial charge on any atom is 0.271 e. The van der Waals surface area contributed by atoms with Gasteiger partial charge in [-0.05, 0) is 13.3 Å². The number of methoxy groups -OCH3 is 1. The Morgan fingerprint density at radius 3 is 2.95 bits per heavy atom. The number of aromatic nitrogens is 2. The van der Waals surface area contributed by atoms with Crippen molar-refractivity contribution < 1.29 is 14.3 Å². The van der Waals surface area contributed by atoms with Crippen LogP contribution in [0, 0.1) is 6.92 Å². The number of nitrogens with zero attached hydrogens (tertiary/aromatic N) is 2. The molecule has 2 atom stereocenters. The number of halogens is 1. The summed E-state index contributed by atoms with van der Waals surface area (Å²) in [7, 11) is 3.33. The molecular weight excluding hydrogens is 270 g/mol. The van der Waals surface area contributed by atoms with Crippen LogP contribution >= 0.6 is 11.6 Å². The topological polar surface area (TPSA) is 65.4 Å². The lowest BCUT2D eigenvalue weighted by molar-refractivity contribution is -0.0350. The van der Waals surface area contributed by atoms with Crippen molar-refractivity contribution in [2.75, 3.05) is 20.3 Å². The van der Waals surface area contributed by atoms with Gasteiger partial charge in [0.15, 0.2) is 0 Å². The zero-order valence-corrected chi connectivity index (χ0v) is 12.0. The van der Waals surface area contributed by atoms with Crippen LogP contribution in [0.4, 0.5) is 0 Å². The Morgan fingerprint density at radius 2 is 2.37 bits per heavy atom. The average molecular weight is 288 g/mol. The highest BCUT2D eigenvalue weighted by molar-refractivity contribution is 6.34. The summed E-state index contributed by atoms with van der Waals surface area (Å²) >= 11 is 6.09. The van der Waals surface area contributed by atoms with Gasteiger partial charge in [0.1, 0.15) is 5.69 Å². The predicted molar refractivity (Wildman–Crippen MR) is 70.4 cm³/mol. The summed E-state index contributed by atoms with van der Waals surface area (Å²) in [5.41, 5.74) is 0.997. The molecule has 0 bridgehead atoms. The summed E-state index contributed by atoms with van der Waals surface area (Å²) in [6.07, 6.45) is 0.727. The summed E-state index contributed by atoms with van der Waals surface area (Å²) in [5.74, 6) is -0.259. The van der Waals surface area contributed by atoms with Gasteiger partial charge in [-0.15, -0.1) is 0 Å². The van der Waals surface area contributed by atoms with Crippen LogP contribution in [0.5, 0.6) is 0 Å². The standard InChI is InChI=1S/C12H18ClN3O3/c1-7-10(13)11(16(2)15-7)12(17)14-8-6-19-5-4-9(8)18-3/h8-9H,4-6H2,1-3H3,(H,14,17)/t8-,9-/m1/s1. The SMILES string of the molecule is CO[C@@H]1CCOC[C@H]1NC(=O)c1c(Cl)c(C)nn1C. The van der Waals surface area contributed by atoms with Crippen LogP contribution in [-0.4, -0.2) is 48.2 Å². The highest BCUT2D eigenvalue weighted by Crippen LogP contribution is 2.20. The Labute approximate surface area is 117 Å². The molecule has 0 radical (unpaired) electrons. The predicted octanol–water partition coefficient (Wildman–Crippen LogP) is 0.916. The van der Waals surface area contributed by atoms with Gasteiger partial charge in [0.05, 0.1) is 29.5 Å². The van der Waals surface area contributed by atoms with Gasteiger partial charge in [-0.1, -0.05) is 11.6 Å². The summed E-state index contributed by atoms with van der Waals surface area (Å²) in [5, 5.41) is 7.40. The van der Waals surface area contributed by atoms with Crippen molar-refractivity contribution in [1.82, 2.24) is 15.1 Å². The van der Waals surface area contributed by atoms with E-state index < -0.39 is 0 Å². The molecule has 1 amide bonds. The van der Waals surface area contributed by atoms with Crippen molar-refractivity contribution in [2.24, 2.45) is 7.05 Å². The maximum absolute atomic E-state index is 12.3. The molecule has 1 saturated heterocycles. The van der Waals surface area contributed by atoms with Crippen molar-refractivity contribution >= 4 is 17.5 Å². The van der Waals surface area contributed by atoms with Crippen LogP contribution in [-0.2, 0) is 16.5 Å². The van der Waals surface area contributed by atoms with Crippen LogP contribution in [0.1, 0.15) is 22.6 Å². The van der Waals surface area contributed by atoms with Crippen LogP contribution in [0.2, 0.25) is 5.02 Å². The van der Waals surface area contributed by atoms with Gasteiger partial charge >= 0.3 is 0 Å². The first-order valence-electron chi connectivity index (χ1n) is 6.15. The average Bonchev–Trinajstić information content (AvgIpc) is 2.64. The Hall–Kier alpha value is -1.11. The minimum Gasteiger partial charge on any atom is -0.379 e. The molecule has 106 valence electrons. The molecule has 0 saturated carbocycles. The van der Waals surface area contributed by atoms with E-state index in [4.69, 9.17) is 21.1 Å². The molecule has 19 heavy (non-hydrogen) atoms. The number of aryl methyl sites for hydroxylation is 2. The van der Waals surface area contributed by atoms with E-state index in [0.717, 1.165) is 6.42 Å². The van der Waals surface area contributed by atoms with Crippen molar-refractivity contribution in [1.29, 1.82) is 0 Å². The monoisotopic (exact) mass is 287 g/mol. The molecule has 1 aliphatic heterocycles. The second kappa shape index (κ2) is 5.90. The van der Waals surface area contributed by atoms with E-state index in [0.29, 0.717) is 29.6 Å². The van der Waals surface area contributed by atoms with Crippen molar-refractivity contribution in [3.63, 3.8) is 0 Å². The van der Waals surface area contributed by atoms with Gasteiger partial charge in [-0.25, -0.2) is 0 Å². The van der Waals surface area contributed by atoms with E-state index in [-0.39, 0.29) is 18.1 Å². The molecule has 1 N–H and O–H groups in total. The zero-order chi connectivity index (χ0) is 14.0. The highest BCUT2D eigenvalue weighted by Gasteiger charge is 2.29. The molecule has 2 heterocycles. The van der Waals surface area contributed by atoms with E-state index in [1.807, 2.05) is 0 Å².